The van der Waals surface area contributed by atoms with Crippen LogP contribution in [0.3, 0.4) is 0 Å². The van der Waals surface area contributed by atoms with Crippen LogP contribution in [0.4, 0.5) is 0 Å². The van der Waals surface area contributed by atoms with Crippen molar-refractivity contribution in [3.63, 3.8) is 0 Å². The minimum absolute atomic E-state index is 0.160. The van der Waals surface area contributed by atoms with Crippen molar-refractivity contribution in [3.05, 3.63) is 64.1 Å². The molecule has 2 aromatic carbocycles. The van der Waals surface area contributed by atoms with Gasteiger partial charge in [0, 0.05) is 5.56 Å². The number of halogens is 1. The minimum Gasteiger partial charge on any atom is -0.496 e. The van der Waals surface area contributed by atoms with Crippen LogP contribution in [0, 0.1) is 0 Å². The third-order valence-electron chi connectivity index (χ3n) is 3.10. The summed E-state index contributed by atoms with van der Waals surface area (Å²) in [6.45, 7) is -0.160. The van der Waals surface area contributed by atoms with Gasteiger partial charge in [0.15, 0.2) is 0 Å². The molecule has 0 fully saturated rings. The molecule has 0 aliphatic rings. The zero-order chi connectivity index (χ0) is 15.2. The van der Waals surface area contributed by atoms with Crippen LogP contribution in [-0.2, 0) is 0 Å². The van der Waals surface area contributed by atoms with Gasteiger partial charge in [-0.1, -0.05) is 30.3 Å². The standard InChI is InChI=1S/C16H16BrNO3/c1-21-15-8-7-12(9-13(15)17)16(20)18-14(10-19)11-5-3-2-4-6-11/h2-9,14,19H,10H2,1H3,(H,18,20). The van der Waals surface area contributed by atoms with E-state index in [2.05, 4.69) is 21.2 Å². The lowest BCUT2D eigenvalue weighted by molar-refractivity contribution is 0.0916. The molecule has 0 aliphatic carbocycles. The number of benzene rings is 2. The molecule has 0 saturated heterocycles. The van der Waals surface area contributed by atoms with Crippen molar-refractivity contribution < 1.29 is 14.6 Å². The molecule has 0 radical (unpaired) electrons. The van der Waals surface area contributed by atoms with E-state index in [-0.39, 0.29) is 12.5 Å². The maximum Gasteiger partial charge on any atom is 0.251 e. The molecule has 4 nitrogen and oxygen atoms in total. The first kappa shape index (κ1) is 15.5. The Balaban J connectivity index is 2.15. The molecule has 0 aromatic heterocycles. The lowest BCUT2D eigenvalue weighted by atomic mass is 10.1. The summed E-state index contributed by atoms with van der Waals surface area (Å²) in [5.74, 6) is 0.412. The Morgan fingerprint density at radius 2 is 2.00 bits per heavy atom. The van der Waals surface area contributed by atoms with Gasteiger partial charge in [-0.05, 0) is 39.7 Å². The highest BCUT2D eigenvalue weighted by molar-refractivity contribution is 9.10. The van der Waals surface area contributed by atoms with E-state index in [1.54, 1.807) is 25.3 Å². The van der Waals surface area contributed by atoms with Gasteiger partial charge in [0.2, 0.25) is 0 Å². The summed E-state index contributed by atoms with van der Waals surface area (Å²) in [6, 6.07) is 14.0. The molecule has 5 heteroatoms. The molecule has 2 N–H and O–H groups in total. The van der Waals surface area contributed by atoms with Crippen molar-refractivity contribution in [1.29, 1.82) is 0 Å². The van der Waals surface area contributed by atoms with Crippen LogP contribution in [-0.4, -0.2) is 24.7 Å². The summed E-state index contributed by atoms with van der Waals surface area (Å²) in [5, 5.41) is 12.3. The van der Waals surface area contributed by atoms with Gasteiger partial charge in [0.1, 0.15) is 5.75 Å². The lowest BCUT2D eigenvalue weighted by Crippen LogP contribution is -2.30. The molecule has 0 saturated carbocycles. The molecule has 0 aliphatic heterocycles. The third-order valence-corrected chi connectivity index (χ3v) is 3.72. The van der Waals surface area contributed by atoms with Gasteiger partial charge >= 0.3 is 0 Å². The maximum absolute atomic E-state index is 12.3. The van der Waals surface area contributed by atoms with Crippen molar-refractivity contribution in [2.24, 2.45) is 0 Å². The SMILES string of the molecule is COc1ccc(C(=O)NC(CO)c2ccccc2)cc1Br. The summed E-state index contributed by atoms with van der Waals surface area (Å²) in [5.41, 5.74) is 1.36. The molecule has 110 valence electrons. The van der Waals surface area contributed by atoms with E-state index in [0.717, 1.165) is 5.56 Å². The molecule has 1 unspecified atom stereocenters. The highest BCUT2D eigenvalue weighted by Crippen LogP contribution is 2.25. The molecule has 0 heterocycles. The van der Waals surface area contributed by atoms with Crippen LogP contribution >= 0.6 is 15.9 Å². The van der Waals surface area contributed by atoms with E-state index in [4.69, 9.17) is 4.74 Å². The number of methoxy groups -OCH3 is 1. The molecule has 21 heavy (non-hydrogen) atoms. The summed E-state index contributed by atoms with van der Waals surface area (Å²) >= 11 is 3.35. The summed E-state index contributed by atoms with van der Waals surface area (Å²) in [6.07, 6.45) is 0. The second kappa shape index (κ2) is 7.24. The van der Waals surface area contributed by atoms with E-state index < -0.39 is 6.04 Å². The number of aliphatic hydroxyl groups is 1. The molecular weight excluding hydrogens is 334 g/mol. The smallest absolute Gasteiger partial charge is 0.251 e. The van der Waals surface area contributed by atoms with Crippen molar-refractivity contribution in [1.82, 2.24) is 5.32 Å². The van der Waals surface area contributed by atoms with Gasteiger partial charge in [-0.15, -0.1) is 0 Å². The minimum atomic E-state index is -0.431. The number of aliphatic hydroxyl groups excluding tert-OH is 1. The monoisotopic (exact) mass is 349 g/mol. The Bertz CT molecular complexity index is 616. The fraction of sp³-hybridized carbons (Fsp3) is 0.188. The van der Waals surface area contributed by atoms with Crippen molar-refractivity contribution >= 4 is 21.8 Å². The Morgan fingerprint density at radius 3 is 2.57 bits per heavy atom. The number of ether oxygens (including phenoxy) is 1. The van der Waals surface area contributed by atoms with Crippen LogP contribution < -0.4 is 10.1 Å². The first-order chi connectivity index (χ1) is 10.2. The first-order valence-electron chi connectivity index (χ1n) is 6.46. The van der Waals surface area contributed by atoms with Crippen LogP contribution in [0.5, 0.6) is 5.75 Å². The Labute approximate surface area is 131 Å². The zero-order valence-electron chi connectivity index (χ0n) is 11.5. The second-order valence-electron chi connectivity index (χ2n) is 4.47. The van der Waals surface area contributed by atoms with E-state index in [0.29, 0.717) is 15.8 Å². The fourth-order valence-electron chi connectivity index (χ4n) is 1.97. The normalized spacial score (nSPS) is 11.8. The summed E-state index contributed by atoms with van der Waals surface area (Å²) < 4.78 is 5.84. The van der Waals surface area contributed by atoms with E-state index in [1.807, 2.05) is 30.3 Å². The Kier molecular flexibility index (Phi) is 5.36. The first-order valence-corrected chi connectivity index (χ1v) is 7.25. The lowest BCUT2D eigenvalue weighted by Gasteiger charge is -2.17. The number of nitrogens with one attached hydrogen (secondary N) is 1. The molecule has 1 amide bonds. The van der Waals surface area contributed by atoms with Crippen molar-refractivity contribution in [2.45, 2.75) is 6.04 Å². The molecule has 2 aromatic rings. The average Bonchev–Trinajstić information content (AvgIpc) is 2.53. The van der Waals surface area contributed by atoms with Crippen LogP contribution in [0.2, 0.25) is 0 Å². The van der Waals surface area contributed by atoms with Crippen LogP contribution in [0.1, 0.15) is 22.0 Å². The number of carbonyl (C=O) groups excluding carboxylic acids is 1. The van der Waals surface area contributed by atoms with Gasteiger partial charge in [-0.25, -0.2) is 0 Å². The van der Waals surface area contributed by atoms with Crippen molar-refractivity contribution in [3.8, 4) is 5.75 Å². The second-order valence-corrected chi connectivity index (χ2v) is 5.32. The molecule has 2 rings (SSSR count). The predicted octanol–water partition coefficient (Wildman–Crippen LogP) is 2.92. The number of rotatable bonds is 5. The number of hydrogen-bond acceptors (Lipinski definition) is 3. The topological polar surface area (TPSA) is 58.6 Å². The number of carbonyl (C=O) groups is 1. The van der Waals surface area contributed by atoms with E-state index in [9.17, 15) is 9.90 Å². The zero-order valence-corrected chi connectivity index (χ0v) is 13.1. The van der Waals surface area contributed by atoms with Crippen LogP contribution in [0.15, 0.2) is 53.0 Å². The summed E-state index contributed by atoms with van der Waals surface area (Å²) in [4.78, 5) is 12.3. The molecule has 0 bridgehead atoms. The average molecular weight is 350 g/mol. The van der Waals surface area contributed by atoms with Crippen LogP contribution in [0.25, 0.3) is 0 Å². The maximum atomic E-state index is 12.3. The van der Waals surface area contributed by atoms with Gasteiger partial charge in [-0.2, -0.15) is 0 Å². The number of hydrogen-bond donors (Lipinski definition) is 2. The Morgan fingerprint density at radius 1 is 1.29 bits per heavy atom. The molecule has 0 spiro atoms. The van der Waals surface area contributed by atoms with Gasteiger partial charge < -0.3 is 15.2 Å². The highest BCUT2D eigenvalue weighted by atomic mass is 79.9. The van der Waals surface area contributed by atoms with E-state index >= 15 is 0 Å². The highest BCUT2D eigenvalue weighted by Gasteiger charge is 2.15. The van der Waals surface area contributed by atoms with Crippen molar-refractivity contribution in [2.75, 3.05) is 13.7 Å². The Hall–Kier alpha value is -1.85. The predicted molar refractivity (Wildman–Crippen MR) is 84.4 cm³/mol. The fourth-order valence-corrected chi connectivity index (χ4v) is 2.51. The molecular formula is C16H16BrNO3. The summed E-state index contributed by atoms with van der Waals surface area (Å²) in [7, 11) is 1.57. The van der Waals surface area contributed by atoms with Gasteiger partial charge in [0.05, 0.1) is 24.2 Å². The third kappa shape index (κ3) is 3.83. The van der Waals surface area contributed by atoms with E-state index in [1.165, 1.54) is 0 Å². The van der Waals surface area contributed by atoms with Gasteiger partial charge in [-0.3, -0.25) is 4.79 Å². The molecule has 1 atom stereocenters. The number of amides is 1. The quantitative estimate of drug-likeness (QED) is 0.872. The largest absolute Gasteiger partial charge is 0.496 e. The van der Waals surface area contributed by atoms with Gasteiger partial charge in [0.25, 0.3) is 5.91 Å².